The van der Waals surface area contributed by atoms with Crippen LogP contribution in [0, 0.1) is 20.8 Å². The molecule has 31 heavy (non-hydrogen) atoms. The molecular weight excluding hydrogens is 412 g/mol. The molecule has 8 heteroatoms. The number of carbonyl (C=O) groups excluding carboxylic acids is 1. The molecule has 0 fully saturated rings. The van der Waals surface area contributed by atoms with Crippen LogP contribution >= 0.6 is 11.3 Å². The number of oxime groups is 1. The lowest BCUT2D eigenvalue weighted by molar-refractivity contribution is 0.0774. The van der Waals surface area contributed by atoms with Gasteiger partial charge in [0.25, 0.3) is 0 Å². The van der Waals surface area contributed by atoms with Crippen molar-refractivity contribution in [1.29, 1.82) is 0 Å². The number of Topliss-reactive ketones (excluding diaryl/α,β-unsaturated/α-hetero) is 1. The summed E-state index contributed by atoms with van der Waals surface area (Å²) in [6, 6.07) is 9.93. The molecule has 0 saturated carbocycles. The highest BCUT2D eigenvalue weighted by atomic mass is 32.1. The molecule has 0 unspecified atom stereocenters. The summed E-state index contributed by atoms with van der Waals surface area (Å²) < 4.78 is 7.36. The number of rotatable bonds is 10. The second kappa shape index (κ2) is 10.3. The highest BCUT2D eigenvalue weighted by Crippen LogP contribution is 2.18. The first-order valence-electron chi connectivity index (χ1n) is 10.1. The normalized spacial score (nSPS) is 11.5. The van der Waals surface area contributed by atoms with Gasteiger partial charge in [-0.3, -0.25) is 4.79 Å². The van der Waals surface area contributed by atoms with Gasteiger partial charge in [0, 0.05) is 28.9 Å². The minimum Gasteiger partial charge on any atom is -0.497 e. The van der Waals surface area contributed by atoms with Crippen molar-refractivity contribution in [3.05, 3.63) is 68.9 Å². The maximum Gasteiger partial charge on any atom is 0.204 e. The number of aromatic nitrogens is 2. The summed E-state index contributed by atoms with van der Waals surface area (Å²) in [5, 5.41) is 6.77. The standard InChI is InChI=1S/C23H28N4O3S/c1-15-11-21(16(2)27(15)10-9-18-5-7-20(29-4)8-6-18)22(28)13-30-26-23(24)12-19-14-31-17(3)25-19/h5-8,11,14H,9-10,12-13H2,1-4H3,(H2,24,26). The number of methoxy groups -OCH3 is 1. The van der Waals surface area contributed by atoms with Crippen LogP contribution in [-0.4, -0.2) is 34.9 Å². The van der Waals surface area contributed by atoms with Crippen molar-refractivity contribution in [1.82, 2.24) is 9.55 Å². The van der Waals surface area contributed by atoms with Crippen molar-refractivity contribution < 1.29 is 14.4 Å². The van der Waals surface area contributed by atoms with Gasteiger partial charge in [-0.05, 0) is 51.0 Å². The fraction of sp³-hybridized carbons (Fsp3) is 0.348. The Balaban J connectivity index is 1.56. The van der Waals surface area contributed by atoms with Crippen molar-refractivity contribution >= 4 is 23.0 Å². The van der Waals surface area contributed by atoms with Gasteiger partial charge in [-0.2, -0.15) is 0 Å². The topological polar surface area (TPSA) is 91.7 Å². The average molecular weight is 441 g/mol. The molecule has 0 saturated heterocycles. The Morgan fingerprint density at radius 1 is 1.23 bits per heavy atom. The number of ketones is 1. The SMILES string of the molecule is COc1ccc(CCn2c(C)cc(C(=O)CON=C(N)Cc3csc(C)n3)c2C)cc1. The van der Waals surface area contributed by atoms with E-state index < -0.39 is 0 Å². The van der Waals surface area contributed by atoms with Crippen LogP contribution in [0.15, 0.2) is 40.9 Å². The van der Waals surface area contributed by atoms with Crippen LogP contribution in [0.5, 0.6) is 5.75 Å². The zero-order chi connectivity index (χ0) is 22.4. The minimum absolute atomic E-state index is 0.121. The molecule has 0 radical (unpaired) electrons. The minimum atomic E-state index is -0.153. The van der Waals surface area contributed by atoms with Crippen LogP contribution in [0.3, 0.4) is 0 Å². The first-order valence-corrected chi connectivity index (χ1v) is 10.9. The number of carbonyl (C=O) groups is 1. The van der Waals surface area contributed by atoms with Crippen LogP contribution in [0.1, 0.15) is 38.0 Å². The Morgan fingerprint density at radius 2 is 1.97 bits per heavy atom. The predicted octanol–water partition coefficient (Wildman–Crippen LogP) is 3.84. The van der Waals surface area contributed by atoms with Gasteiger partial charge in [-0.15, -0.1) is 11.3 Å². The molecule has 0 aliphatic carbocycles. The van der Waals surface area contributed by atoms with E-state index in [1.165, 1.54) is 5.56 Å². The number of benzene rings is 1. The Kier molecular flexibility index (Phi) is 7.46. The van der Waals surface area contributed by atoms with E-state index in [4.69, 9.17) is 15.3 Å². The summed E-state index contributed by atoms with van der Waals surface area (Å²) >= 11 is 1.56. The maximum absolute atomic E-state index is 12.6. The number of ether oxygens (including phenoxy) is 1. The number of nitrogens with zero attached hydrogens (tertiary/aromatic N) is 3. The molecule has 2 N–H and O–H groups in total. The van der Waals surface area contributed by atoms with E-state index in [1.807, 2.05) is 44.4 Å². The number of hydrogen-bond donors (Lipinski definition) is 1. The van der Waals surface area contributed by atoms with E-state index in [2.05, 4.69) is 26.8 Å². The van der Waals surface area contributed by atoms with Gasteiger partial charge in [0.2, 0.25) is 5.78 Å². The van der Waals surface area contributed by atoms with Gasteiger partial charge < -0.3 is 19.9 Å². The summed E-state index contributed by atoms with van der Waals surface area (Å²) in [7, 11) is 1.66. The zero-order valence-electron chi connectivity index (χ0n) is 18.3. The molecule has 0 amide bonds. The highest BCUT2D eigenvalue weighted by Gasteiger charge is 2.16. The molecule has 1 aromatic carbocycles. The molecule has 2 aromatic heterocycles. The molecule has 7 nitrogen and oxygen atoms in total. The molecule has 0 aliphatic heterocycles. The monoisotopic (exact) mass is 440 g/mol. The number of thiazole rings is 1. The van der Waals surface area contributed by atoms with E-state index in [-0.39, 0.29) is 12.4 Å². The second-order valence-corrected chi connectivity index (χ2v) is 8.41. The van der Waals surface area contributed by atoms with E-state index in [0.717, 1.165) is 40.8 Å². The second-order valence-electron chi connectivity index (χ2n) is 7.35. The van der Waals surface area contributed by atoms with Crippen LogP contribution in [0.2, 0.25) is 0 Å². The van der Waals surface area contributed by atoms with Crippen molar-refractivity contribution in [2.75, 3.05) is 13.7 Å². The van der Waals surface area contributed by atoms with Crippen LogP contribution < -0.4 is 10.5 Å². The Labute approximate surface area is 186 Å². The molecule has 0 atom stereocenters. The van der Waals surface area contributed by atoms with E-state index in [0.29, 0.717) is 17.8 Å². The molecule has 2 heterocycles. The van der Waals surface area contributed by atoms with E-state index >= 15 is 0 Å². The third-order valence-electron chi connectivity index (χ3n) is 5.06. The van der Waals surface area contributed by atoms with Gasteiger partial charge in [-0.1, -0.05) is 17.3 Å². The molecule has 0 aliphatic rings. The lowest BCUT2D eigenvalue weighted by Gasteiger charge is -2.10. The lowest BCUT2D eigenvalue weighted by Crippen LogP contribution is -2.17. The van der Waals surface area contributed by atoms with Crippen LogP contribution in [0.25, 0.3) is 0 Å². The lowest BCUT2D eigenvalue weighted by atomic mass is 10.1. The summed E-state index contributed by atoms with van der Waals surface area (Å²) in [5.41, 5.74) is 10.5. The fourth-order valence-electron chi connectivity index (χ4n) is 3.42. The maximum atomic E-state index is 12.6. The number of nitrogens with two attached hydrogens (primary N) is 1. The van der Waals surface area contributed by atoms with Gasteiger partial charge in [0.15, 0.2) is 6.61 Å². The molecule has 164 valence electrons. The Hall–Kier alpha value is -3.13. The van der Waals surface area contributed by atoms with Crippen molar-refractivity contribution in [3.63, 3.8) is 0 Å². The summed E-state index contributed by atoms with van der Waals surface area (Å²) in [4.78, 5) is 22.2. The van der Waals surface area contributed by atoms with Crippen molar-refractivity contribution in [2.45, 2.75) is 40.2 Å². The number of hydrogen-bond acceptors (Lipinski definition) is 6. The molecule has 0 bridgehead atoms. The molecule has 3 aromatic rings. The van der Waals surface area contributed by atoms with Crippen molar-refractivity contribution in [3.8, 4) is 5.75 Å². The molecule has 0 spiro atoms. The third kappa shape index (κ3) is 5.95. The first-order chi connectivity index (χ1) is 14.9. The van der Waals surface area contributed by atoms with Crippen LogP contribution in [-0.2, 0) is 24.2 Å². The molecular formula is C23H28N4O3S. The first kappa shape index (κ1) is 22.6. The van der Waals surface area contributed by atoms with Gasteiger partial charge in [0.05, 0.1) is 24.2 Å². The largest absolute Gasteiger partial charge is 0.497 e. The zero-order valence-corrected chi connectivity index (χ0v) is 19.2. The van der Waals surface area contributed by atoms with E-state index in [9.17, 15) is 4.79 Å². The fourth-order valence-corrected chi connectivity index (χ4v) is 4.03. The number of amidine groups is 1. The Bertz CT molecular complexity index is 1070. The third-order valence-corrected chi connectivity index (χ3v) is 5.89. The summed E-state index contributed by atoms with van der Waals surface area (Å²) in [5.74, 6) is 1.02. The van der Waals surface area contributed by atoms with Gasteiger partial charge in [-0.25, -0.2) is 4.98 Å². The summed E-state index contributed by atoms with van der Waals surface area (Å²) in [6.07, 6.45) is 1.26. The Morgan fingerprint density at radius 3 is 2.61 bits per heavy atom. The quantitative estimate of drug-likeness (QED) is 0.224. The smallest absolute Gasteiger partial charge is 0.204 e. The van der Waals surface area contributed by atoms with Crippen LogP contribution in [0.4, 0.5) is 0 Å². The number of aryl methyl sites for hydroxylation is 3. The van der Waals surface area contributed by atoms with Gasteiger partial charge >= 0.3 is 0 Å². The predicted molar refractivity (Wildman–Crippen MR) is 123 cm³/mol. The van der Waals surface area contributed by atoms with E-state index in [1.54, 1.807) is 18.4 Å². The van der Waals surface area contributed by atoms with Crippen molar-refractivity contribution in [2.24, 2.45) is 10.9 Å². The summed E-state index contributed by atoms with van der Waals surface area (Å²) in [6.45, 7) is 6.53. The highest BCUT2D eigenvalue weighted by molar-refractivity contribution is 7.09. The molecule has 3 rings (SSSR count). The average Bonchev–Trinajstić information content (AvgIpc) is 3.28. The van der Waals surface area contributed by atoms with Gasteiger partial charge in [0.1, 0.15) is 11.6 Å².